The lowest BCUT2D eigenvalue weighted by molar-refractivity contribution is -0.140. The van der Waals surface area contributed by atoms with E-state index in [1.807, 2.05) is 32.0 Å². The van der Waals surface area contributed by atoms with Gasteiger partial charge in [0.15, 0.2) is 6.61 Å². The third kappa shape index (κ3) is 8.97. The Kier molecular flexibility index (Phi) is 12.3. The molecule has 1 saturated carbocycles. The number of benzene rings is 1. The second-order valence-electron chi connectivity index (χ2n) is 13.0. The van der Waals surface area contributed by atoms with Crippen molar-refractivity contribution in [1.82, 2.24) is 30.3 Å². The zero-order valence-electron chi connectivity index (χ0n) is 28.7. The number of hydrogen-bond acceptors (Lipinski definition) is 9. The lowest BCUT2D eigenvalue weighted by atomic mass is 9.93. The summed E-state index contributed by atoms with van der Waals surface area (Å²) >= 11 is 0. The maximum Gasteiger partial charge on any atom is 0.409 e. The van der Waals surface area contributed by atoms with Crippen molar-refractivity contribution in [2.24, 2.45) is 0 Å². The van der Waals surface area contributed by atoms with E-state index in [2.05, 4.69) is 15.6 Å². The number of fused-ring (bicyclic) bond motifs is 1. The summed E-state index contributed by atoms with van der Waals surface area (Å²) < 4.78 is 16.6. The molecular weight excluding hydrogens is 632 g/mol. The van der Waals surface area contributed by atoms with Gasteiger partial charge in [0.25, 0.3) is 11.8 Å². The lowest BCUT2D eigenvalue weighted by Gasteiger charge is -2.35. The largest absolute Gasteiger partial charge is 0.483 e. The molecule has 14 nitrogen and oxygen atoms in total. The highest BCUT2D eigenvalue weighted by molar-refractivity contribution is 5.99. The van der Waals surface area contributed by atoms with Gasteiger partial charge in [-0.2, -0.15) is 0 Å². The lowest BCUT2D eigenvalue weighted by Crippen LogP contribution is -2.57. The Balaban J connectivity index is 1.24. The van der Waals surface area contributed by atoms with Crippen molar-refractivity contribution >= 4 is 40.6 Å². The first-order valence-corrected chi connectivity index (χ1v) is 17.3. The number of aromatic nitrogens is 1. The predicted molar refractivity (Wildman–Crippen MR) is 180 cm³/mol. The minimum absolute atomic E-state index is 0.00743. The summed E-state index contributed by atoms with van der Waals surface area (Å²) in [6.45, 7) is 5.58. The van der Waals surface area contributed by atoms with Crippen LogP contribution in [0.1, 0.15) is 67.9 Å². The van der Waals surface area contributed by atoms with Crippen LogP contribution >= 0.6 is 0 Å². The van der Waals surface area contributed by atoms with Crippen LogP contribution in [0.5, 0.6) is 5.75 Å². The van der Waals surface area contributed by atoms with Crippen molar-refractivity contribution in [2.45, 2.75) is 76.9 Å². The number of pyridine rings is 1. The van der Waals surface area contributed by atoms with E-state index in [-0.39, 0.29) is 61.5 Å². The molecule has 14 heteroatoms. The molecule has 2 N–H and O–H groups in total. The van der Waals surface area contributed by atoms with Gasteiger partial charge in [0.2, 0.25) is 11.8 Å². The molecule has 5 rings (SSSR count). The summed E-state index contributed by atoms with van der Waals surface area (Å²) in [5, 5.41) is 6.43. The van der Waals surface area contributed by atoms with E-state index >= 15 is 0 Å². The van der Waals surface area contributed by atoms with Gasteiger partial charge in [-0.3, -0.25) is 19.2 Å². The molecule has 49 heavy (non-hydrogen) atoms. The van der Waals surface area contributed by atoms with Gasteiger partial charge >= 0.3 is 6.09 Å². The van der Waals surface area contributed by atoms with Crippen LogP contribution in [-0.2, 0) is 23.9 Å². The number of unbranched alkanes of at least 4 members (excludes halogenated alkanes) is 1. The second kappa shape index (κ2) is 16.8. The summed E-state index contributed by atoms with van der Waals surface area (Å²) in [5.41, 5.74) is 1.41. The number of nitrogens with zero attached hydrogens (tertiary/aromatic N) is 4. The van der Waals surface area contributed by atoms with E-state index in [0.717, 1.165) is 44.1 Å². The second-order valence-corrected chi connectivity index (χ2v) is 13.0. The van der Waals surface area contributed by atoms with Gasteiger partial charge in [-0.25, -0.2) is 9.78 Å². The van der Waals surface area contributed by atoms with E-state index in [4.69, 9.17) is 14.2 Å². The standard InChI is InChI=1S/C35H48N6O8/c1-4-5-18-48-35(46)40-16-14-39(15-17-40)34(45)28(21-47-3)38-32(43)27-20-30(25-12-11-23(2)19-26(25)37-27)49-22-31(42)41-13-7-10-29(41)33(44)36-24-8-6-9-24/h11-12,19-20,24,28-29H,4-10,13-18,21-22H2,1-3H3,(H,36,44)(H,38,43)/t28-,29-/m0/s1. The highest BCUT2D eigenvalue weighted by Crippen LogP contribution is 2.28. The third-order valence-corrected chi connectivity index (χ3v) is 9.35. The SMILES string of the molecule is CCCCOC(=O)N1CCN(C(=O)[C@H](COC)NC(=O)c2cc(OCC(=O)N3CCC[C@H]3C(=O)NC3CCC3)c3ccc(C)cc3n2)CC1. The van der Waals surface area contributed by atoms with Gasteiger partial charge in [-0.15, -0.1) is 0 Å². The van der Waals surface area contributed by atoms with Crippen LogP contribution in [0.4, 0.5) is 4.79 Å². The Morgan fingerprint density at radius 3 is 2.43 bits per heavy atom. The van der Waals surface area contributed by atoms with Crippen LogP contribution in [0.3, 0.4) is 0 Å². The molecule has 0 unspecified atom stereocenters. The number of carbonyl (C=O) groups is 5. The number of nitrogens with one attached hydrogen (secondary N) is 2. The Bertz CT molecular complexity index is 1520. The maximum atomic E-state index is 13.6. The van der Waals surface area contributed by atoms with Crippen LogP contribution in [-0.4, -0.2) is 127 Å². The molecule has 5 amide bonds. The normalized spacial score (nSPS) is 18.5. The van der Waals surface area contributed by atoms with Crippen molar-refractivity contribution < 1.29 is 38.2 Å². The zero-order chi connectivity index (χ0) is 34.9. The molecule has 1 aromatic carbocycles. The van der Waals surface area contributed by atoms with Gasteiger partial charge < -0.3 is 39.5 Å². The fraction of sp³-hybridized carbons (Fsp3) is 0.600. The smallest absolute Gasteiger partial charge is 0.409 e. The first-order chi connectivity index (χ1) is 23.7. The van der Waals surface area contributed by atoms with Gasteiger partial charge in [0.1, 0.15) is 23.5 Å². The number of amides is 5. The Morgan fingerprint density at radius 1 is 0.980 bits per heavy atom. The number of piperazine rings is 1. The predicted octanol–water partition coefficient (Wildman–Crippen LogP) is 2.41. The quantitative estimate of drug-likeness (QED) is 0.303. The minimum atomic E-state index is -1.00. The van der Waals surface area contributed by atoms with Gasteiger partial charge in [0, 0.05) is 57.3 Å². The van der Waals surface area contributed by atoms with Gasteiger partial charge in [0.05, 0.1) is 18.7 Å². The molecule has 2 atom stereocenters. The number of likely N-dealkylation sites (tertiary alicyclic amines) is 1. The summed E-state index contributed by atoms with van der Waals surface area (Å²) in [6.07, 6.45) is 5.70. The average Bonchev–Trinajstić information content (AvgIpc) is 3.58. The van der Waals surface area contributed by atoms with E-state index in [9.17, 15) is 24.0 Å². The average molecular weight is 681 g/mol. The molecule has 266 valence electrons. The molecule has 0 spiro atoms. The van der Waals surface area contributed by atoms with Crippen LogP contribution in [0.2, 0.25) is 0 Å². The first-order valence-electron chi connectivity index (χ1n) is 17.3. The monoisotopic (exact) mass is 680 g/mol. The summed E-state index contributed by atoms with van der Waals surface area (Å²) in [5.74, 6) is -1.09. The highest BCUT2D eigenvalue weighted by Gasteiger charge is 2.36. The molecule has 1 aromatic heterocycles. The number of methoxy groups -OCH3 is 1. The Morgan fingerprint density at radius 2 is 1.73 bits per heavy atom. The first kappa shape index (κ1) is 35.8. The molecular formula is C35H48N6O8. The fourth-order valence-electron chi connectivity index (χ4n) is 6.25. The van der Waals surface area contributed by atoms with Crippen molar-refractivity contribution in [2.75, 3.05) is 59.7 Å². The fourth-order valence-corrected chi connectivity index (χ4v) is 6.25. The molecule has 0 radical (unpaired) electrons. The van der Waals surface area contributed by atoms with Gasteiger partial charge in [-0.05, 0) is 63.1 Å². The van der Waals surface area contributed by atoms with Crippen LogP contribution < -0.4 is 15.4 Å². The van der Waals surface area contributed by atoms with Crippen molar-refractivity contribution in [3.63, 3.8) is 0 Å². The molecule has 2 saturated heterocycles. The van der Waals surface area contributed by atoms with Crippen LogP contribution in [0.25, 0.3) is 10.9 Å². The Labute approximate surface area is 286 Å². The Hall–Kier alpha value is -4.46. The molecule has 3 heterocycles. The molecule has 3 aliphatic rings. The molecule has 2 aliphatic heterocycles. The summed E-state index contributed by atoms with van der Waals surface area (Å²) in [4.78, 5) is 74.9. The van der Waals surface area contributed by atoms with Gasteiger partial charge in [-0.1, -0.05) is 19.4 Å². The zero-order valence-corrected chi connectivity index (χ0v) is 28.7. The maximum absolute atomic E-state index is 13.6. The minimum Gasteiger partial charge on any atom is -0.483 e. The summed E-state index contributed by atoms with van der Waals surface area (Å²) in [6, 6.07) is 5.65. The molecule has 0 bridgehead atoms. The highest BCUT2D eigenvalue weighted by atomic mass is 16.6. The van der Waals surface area contributed by atoms with Crippen LogP contribution in [0.15, 0.2) is 24.3 Å². The third-order valence-electron chi connectivity index (χ3n) is 9.35. The molecule has 1 aliphatic carbocycles. The summed E-state index contributed by atoms with van der Waals surface area (Å²) in [7, 11) is 1.44. The molecule has 2 aromatic rings. The van der Waals surface area contributed by atoms with E-state index in [1.54, 1.807) is 14.7 Å². The number of ether oxygens (including phenoxy) is 3. The topological polar surface area (TPSA) is 160 Å². The number of aryl methyl sites for hydroxylation is 1. The molecule has 3 fully saturated rings. The van der Waals surface area contributed by atoms with E-state index in [1.165, 1.54) is 13.2 Å². The number of rotatable bonds is 13. The number of hydrogen-bond donors (Lipinski definition) is 2. The van der Waals surface area contributed by atoms with Crippen LogP contribution in [0, 0.1) is 6.92 Å². The van der Waals surface area contributed by atoms with Crippen molar-refractivity contribution in [3.05, 3.63) is 35.5 Å². The van der Waals surface area contributed by atoms with Crippen molar-refractivity contribution in [3.8, 4) is 5.75 Å². The number of carbonyl (C=O) groups excluding carboxylic acids is 5. The van der Waals surface area contributed by atoms with E-state index < -0.39 is 24.1 Å². The van der Waals surface area contributed by atoms with Crippen molar-refractivity contribution in [1.29, 1.82) is 0 Å². The van der Waals surface area contributed by atoms with E-state index in [0.29, 0.717) is 43.6 Å².